The van der Waals surface area contributed by atoms with Gasteiger partial charge in [0.15, 0.2) is 0 Å². The number of ether oxygens (including phenoxy) is 1. The number of aromatic nitrogens is 2. The molecule has 3 rings (SSSR count). The van der Waals surface area contributed by atoms with Crippen LogP contribution in [0.15, 0.2) is 28.8 Å². The van der Waals surface area contributed by atoms with Gasteiger partial charge in [-0.2, -0.15) is 4.98 Å². The van der Waals surface area contributed by atoms with Crippen LogP contribution < -0.4 is 10.5 Å². The Labute approximate surface area is 197 Å². The minimum Gasteiger partial charge on any atom is -0.490 e. The highest BCUT2D eigenvalue weighted by Crippen LogP contribution is 2.33. The van der Waals surface area contributed by atoms with Gasteiger partial charge in [0.2, 0.25) is 11.7 Å². The summed E-state index contributed by atoms with van der Waals surface area (Å²) in [5, 5.41) is 23.7. The van der Waals surface area contributed by atoms with Crippen molar-refractivity contribution in [1.82, 2.24) is 10.1 Å². The first-order valence-electron chi connectivity index (χ1n) is 11.0. The molecule has 0 bridgehead atoms. The predicted molar refractivity (Wildman–Crippen MR) is 127 cm³/mol. The number of thiophene rings is 1. The van der Waals surface area contributed by atoms with E-state index < -0.39 is 18.1 Å². The molecule has 0 fully saturated rings. The molecule has 0 spiro atoms. The lowest BCUT2D eigenvalue weighted by Gasteiger charge is -2.18. The Morgan fingerprint density at radius 2 is 2.03 bits per heavy atom. The number of amides is 1. The third-order valence-corrected chi connectivity index (χ3v) is 6.24. The van der Waals surface area contributed by atoms with Gasteiger partial charge in [0.25, 0.3) is 5.89 Å². The quantitative estimate of drug-likeness (QED) is 0.388. The molecule has 2 atom stereocenters. The van der Waals surface area contributed by atoms with Crippen LogP contribution in [-0.4, -0.2) is 45.1 Å². The van der Waals surface area contributed by atoms with Gasteiger partial charge in [-0.15, -0.1) is 11.3 Å². The lowest BCUT2D eigenvalue weighted by atomic mass is 10.0. The zero-order valence-corrected chi connectivity index (χ0v) is 20.2. The van der Waals surface area contributed by atoms with Crippen molar-refractivity contribution < 1.29 is 24.3 Å². The van der Waals surface area contributed by atoms with Crippen LogP contribution in [-0.2, 0) is 17.6 Å². The highest BCUT2D eigenvalue weighted by Gasteiger charge is 2.20. The number of aliphatic hydroxyl groups excluding tert-OH is 2. The molecule has 9 heteroatoms. The number of hydrogen-bond donors (Lipinski definition) is 3. The number of carbonyl (C=O) groups is 1. The number of benzene rings is 1. The van der Waals surface area contributed by atoms with Crippen molar-refractivity contribution in [3.8, 4) is 27.9 Å². The molecule has 2 unspecified atom stereocenters. The molecular formula is C24H31N3O5S. The van der Waals surface area contributed by atoms with E-state index in [0.29, 0.717) is 29.8 Å². The van der Waals surface area contributed by atoms with Crippen LogP contribution >= 0.6 is 11.3 Å². The first kappa shape index (κ1) is 24.9. The minimum atomic E-state index is -1.41. The van der Waals surface area contributed by atoms with Crippen molar-refractivity contribution in [2.45, 2.75) is 59.2 Å². The largest absolute Gasteiger partial charge is 0.490 e. The smallest absolute Gasteiger partial charge is 0.268 e. The highest BCUT2D eigenvalue weighted by molar-refractivity contribution is 7.15. The Balaban J connectivity index is 1.76. The number of nitrogens with zero attached hydrogens (tertiary/aromatic N) is 2. The maximum absolute atomic E-state index is 11.0. The first-order valence-corrected chi connectivity index (χ1v) is 11.8. The van der Waals surface area contributed by atoms with E-state index >= 15 is 0 Å². The molecule has 4 N–H and O–H groups in total. The number of carbonyl (C=O) groups excluding carboxylic acids is 1. The standard InChI is InChI=1S/C24H31N3O5S/c1-5-15-10-16(9-14(4)21(15)31-12-17(28)11-19(29)22(25)30)23-26-24(32-27-23)20-7-6-18(33-20)8-13(2)3/h6-7,9-10,13,17,19,28-29H,5,8,11-12H2,1-4H3,(H2,25,30). The summed E-state index contributed by atoms with van der Waals surface area (Å²) in [5.74, 6) is 1.35. The average molecular weight is 474 g/mol. The maximum atomic E-state index is 11.0. The van der Waals surface area contributed by atoms with Crippen LogP contribution in [0.25, 0.3) is 22.2 Å². The Morgan fingerprint density at radius 3 is 2.70 bits per heavy atom. The third kappa shape index (κ3) is 6.40. The normalized spacial score (nSPS) is 13.3. The van der Waals surface area contributed by atoms with Gasteiger partial charge >= 0.3 is 0 Å². The van der Waals surface area contributed by atoms with E-state index in [1.54, 1.807) is 11.3 Å². The number of nitrogens with two attached hydrogens (primary N) is 1. The molecule has 1 aromatic carbocycles. The van der Waals surface area contributed by atoms with Crippen molar-refractivity contribution in [3.05, 3.63) is 40.3 Å². The fraction of sp³-hybridized carbons (Fsp3) is 0.458. The fourth-order valence-corrected chi connectivity index (χ4v) is 4.65. The lowest BCUT2D eigenvalue weighted by molar-refractivity contribution is -0.127. The zero-order chi connectivity index (χ0) is 24.1. The second kappa shape index (κ2) is 10.9. The van der Waals surface area contributed by atoms with Gasteiger partial charge in [0.05, 0.1) is 11.0 Å². The van der Waals surface area contributed by atoms with Crippen LogP contribution in [0.5, 0.6) is 5.75 Å². The van der Waals surface area contributed by atoms with E-state index in [2.05, 4.69) is 30.1 Å². The third-order valence-electron chi connectivity index (χ3n) is 5.14. The summed E-state index contributed by atoms with van der Waals surface area (Å²) in [6.45, 7) is 8.22. The number of aliphatic hydroxyl groups is 2. The lowest BCUT2D eigenvalue weighted by Crippen LogP contribution is -2.33. The molecule has 0 saturated carbocycles. The summed E-state index contributed by atoms with van der Waals surface area (Å²) in [6, 6.07) is 7.97. The fourth-order valence-electron chi connectivity index (χ4n) is 3.51. The molecule has 8 nitrogen and oxygen atoms in total. The van der Waals surface area contributed by atoms with Crippen molar-refractivity contribution in [2.75, 3.05) is 6.61 Å². The molecule has 33 heavy (non-hydrogen) atoms. The summed E-state index contributed by atoms with van der Waals surface area (Å²) in [6.07, 6.45) is -0.903. The van der Waals surface area contributed by atoms with E-state index in [-0.39, 0.29) is 13.0 Å². The average Bonchev–Trinajstić information content (AvgIpc) is 3.41. The van der Waals surface area contributed by atoms with Gasteiger partial charge in [0, 0.05) is 16.9 Å². The predicted octanol–water partition coefficient (Wildman–Crippen LogP) is 3.51. The van der Waals surface area contributed by atoms with Gasteiger partial charge in [0.1, 0.15) is 18.5 Å². The van der Waals surface area contributed by atoms with E-state index in [1.165, 1.54) is 4.88 Å². The molecule has 0 aliphatic rings. The molecule has 0 saturated heterocycles. The molecule has 0 aliphatic heterocycles. The van der Waals surface area contributed by atoms with Gasteiger partial charge in [-0.3, -0.25) is 4.79 Å². The summed E-state index contributed by atoms with van der Waals surface area (Å²) in [4.78, 5) is 17.8. The summed E-state index contributed by atoms with van der Waals surface area (Å²) in [5.41, 5.74) is 7.63. The number of rotatable bonds is 11. The monoisotopic (exact) mass is 473 g/mol. The molecule has 2 aromatic heterocycles. The van der Waals surface area contributed by atoms with Gasteiger partial charge < -0.3 is 25.2 Å². The summed E-state index contributed by atoms with van der Waals surface area (Å²) >= 11 is 1.66. The van der Waals surface area contributed by atoms with Gasteiger partial charge in [-0.05, 0) is 61.1 Å². The van der Waals surface area contributed by atoms with Crippen LogP contribution in [0.1, 0.15) is 43.2 Å². The second-order valence-electron chi connectivity index (χ2n) is 8.54. The van der Waals surface area contributed by atoms with Crippen molar-refractivity contribution >= 4 is 17.2 Å². The first-order chi connectivity index (χ1) is 15.7. The topological polar surface area (TPSA) is 132 Å². The molecule has 0 aliphatic carbocycles. The van der Waals surface area contributed by atoms with E-state index in [4.69, 9.17) is 15.0 Å². The Kier molecular flexibility index (Phi) is 8.23. The van der Waals surface area contributed by atoms with Crippen LogP contribution in [0.4, 0.5) is 0 Å². The Bertz CT molecular complexity index is 1090. The van der Waals surface area contributed by atoms with E-state index in [9.17, 15) is 15.0 Å². The summed E-state index contributed by atoms with van der Waals surface area (Å²) in [7, 11) is 0. The van der Waals surface area contributed by atoms with Gasteiger partial charge in [-0.1, -0.05) is 25.9 Å². The maximum Gasteiger partial charge on any atom is 0.268 e. The van der Waals surface area contributed by atoms with Crippen LogP contribution in [0.2, 0.25) is 0 Å². The molecule has 0 radical (unpaired) electrons. The van der Waals surface area contributed by atoms with E-state index in [1.807, 2.05) is 32.0 Å². The molecule has 2 heterocycles. The van der Waals surface area contributed by atoms with Gasteiger partial charge in [-0.25, -0.2) is 0 Å². The van der Waals surface area contributed by atoms with Crippen molar-refractivity contribution in [1.29, 1.82) is 0 Å². The summed E-state index contributed by atoms with van der Waals surface area (Å²) < 4.78 is 11.4. The molecular weight excluding hydrogens is 442 g/mol. The molecule has 178 valence electrons. The SMILES string of the molecule is CCc1cc(-c2noc(-c3ccc(CC(C)C)s3)n2)cc(C)c1OCC(O)CC(O)C(N)=O. The van der Waals surface area contributed by atoms with E-state index in [0.717, 1.165) is 28.0 Å². The highest BCUT2D eigenvalue weighted by atomic mass is 32.1. The van der Waals surface area contributed by atoms with Crippen LogP contribution in [0, 0.1) is 12.8 Å². The number of aryl methyl sites for hydroxylation is 2. The van der Waals surface area contributed by atoms with Crippen molar-refractivity contribution in [2.24, 2.45) is 11.7 Å². The minimum absolute atomic E-state index is 0.0685. The Morgan fingerprint density at radius 1 is 1.27 bits per heavy atom. The number of primary amides is 1. The zero-order valence-electron chi connectivity index (χ0n) is 19.4. The molecule has 3 aromatic rings. The van der Waals surface area contributed by atoms with Crippen LogP contribution in [0.3, 0.4) is 0 Å². The Hall–Kier alpha value is -2.75. The second-order valence-corrected chi connectivity index (χ2v) is 9.71. The molecule has 1 amide bonds. The van der Waals surface area contributed by atoms with Crippen molar-refractivity contribution in [3.63, 3.8) is 0 Å². The number of hydrogen-bond acceptors (Lipinski definition) is 8.